The minimum atomic E-state index is 0.128. The number of nitrogens with zero attached hydrogens (tertiary/aromatic N) is 3. The zero-order valence-corrected chi connectivity index (χ0v) is 11.9. The number of rotatable bonds is 5. The average Bonchev–Trinajstić information content (AvgIpc) is 3.17. The maximum atomic E-state index is 4.70. The minimum absolute atomic E-state index is 0.128. The summed E-state index contributed by atoms with van der Waals surface area (Å²) in [6.07, 6.45) is 2.55. The molecule has 3 rings (SSSR count). The van der Waals surface area contributed by atoms with Crippen molar-refractivity contribution in [3.05, 3.63) is 52.6 Å². The van der Waals surface area contributed by atoms with Gasteiger partial charge in [0.2, 0.25) is 0 Å². The Morgan fingerprint density at radius 3 is 2.85 bits per heavy atom. The summed E-state index contributed by atoms with van der Waals surface area (Å²) in [5.41, 5.74) is 3.09. The molecule has 0 radical (unpaired) electrons. The first kappa shape index (κ1) is 13.0. The number of benzene rings is 1. The highest BCUT2D eigenvalue weighted by atomic mass is 32.1. The number of hydrogen-bond acceptors (Lipinski definition) is 5. The highest BCUT2D eigenvalue weighted by Gasteiger charge is 2.15. The van der Waals surface area contributed by atoms with Crippen LogP contribution in [0.4, 0.5) is 0 Å². The Kier molecular flexibility index (Phi) is 3.85. The molecule has 1 unspecified atom stereocenters. The van der Waals surface area contributed by atoms with Gasteiger partial charge in [-0.3, -0.25) is 0 Å². The molecular weight excluding hydrogens is 270 g/mol. The Balaban J connectivity index is 1.77. The molecule has 1 aromatic carbocycles. The number of likely N-dealkylation sites (N-methyl/N-ethyl adjacent to an activating group) is 1. The zero-order valence-electron chi connectivity index (χ0n) is 11.1. The van der Waals surface area contributed by atoms with Gasteiger partial charge in [0.1, 0.15) is 0 Å². The average molecular weight is 285 g/mol. The van der Waals surface area contributed by atoms with Crippen LogP contribution < -0.4 is 5.32 Å². The lowest BCUT2D eigenvalue weighted by Crippen LogP contribution is -2.19. The second-order valence-corrected chi connectivity index (χ2v) is 5.38. The Labute approximate surface area is 121 Å². The van der Waals surface area contributed by atoms with Crippen LogP contribution in [-0.4, -0.2) is 27.4 Å². The van der Waals surface area contributed by atoms with Crippen molar-refractivity contribution in [3.8, 4) is 11.3 Å². The molecule has 0 saturated carbocycles. The van der Waals surface area contributed by atoms with Crippen LogP contribution in [0.2, 0.25) is 0 Å². The van der Waals surface area contributed by atoms with Gasteiger partial charge in [0.05, 0.1) is 28.6 Å². The van der Waals surface area contributed by atoms with E-state index < -0.39 is 0 Å². The molecule has 0 spiro atoms. The number of aromatic nitrogens is 4. The molecule has 0 aliphatic carbocycles. The van der Waals surface area contributed by atoms with Gasteiger partial charge in [0.15, 0.2) is 0 Å². The van der Waals surface area contributed by atoms with Crippen LogP contribution in [0.1, 0.15) is 16.7 Å². The zero-order chi connectivity index (χ0) is 13.8. The fraction of sp³-hybridized carbons (Fsp3) is 0.214. The fourth-order valence-corrected chi connectivity index (χ4v) is 2.90. The molecule has 20 heavy (non-hydrogen) atoms. The molecule has 0 aliphatic rings. The molecule has 6 heteroatoms. The largest absolute Gasteiger partial charge is 0.311 e. The third-order valence-corrected chi connectivity index (χ3v) is 4.01. The third-order valence-electron chi connectivity index (χ3n) is 3.14. The number of hydrogen-bond donors (Lipinski definition) is 2. The van der Waals surface area contributed by atoms with E-state index in [-0.39, 0.29) is 6.04 Å². The number of H-pyrrole nitrogens is 1. The van der Waals surface area contributed by atoms with E-state index >= 15 is 0 Å². The van der Waals surface area contributed by atoms with Gasteiger partial charge >= 0.3 is 0 Å². The first-order valence-electron chi connectivity index (χ1n) is 6.39. The Bertz CT molecular complexity index is 647. The second kappa shape index (κ2) is 5.94. The van der Waals surface area contributed by atoms with Crippen molar-refractivity contribution < 1.29 is 0 Å². The summed E-state index contributed by atoms with van der Waals surface area (Å²) in [5.74, 6) is 0. The Hall–Kier alpha value is -2.05. The SMILES string of the molecule is CNC(Cc1nc(-c2ccccc2)cs1)c1cn[nH]n1. The van der Waals surface area contributed by atoms with E-state index in [1.165, 1.54) is 0 Å². The van der Waals surface area contributed by atoms with E-state index in [1.54, 1.807) is 17.5 Å². The van der Waals surface area contributed by atoms with Crippen molar-refractivity contribution in [1.29, 1.82) is 0 Å². The van der Waals surface area contributed by atoms with E-state index in [1.807, 2.05) is 25.2 Å². The van der Waals surface area contributed by atoms with E-state index in [4.69, 9.17) is 4.98 Å². The third kappa shape index (κ3) is 2.76. The van der Waals surface area contributed by atoms with Gasteiger partial charge in [-0.1, -0.05) is 30.3 Å². The van der Waals surface area contributed by atoms with Crippen LogP contribution in [0.5, 0.6) is 0 Å². The molecule has 0 saturated heterocycles. The van der Waals surface area contributed by atoms with E-state index in [0.717, 1.165) is 28.4 Å². The van der Waals surface area contributed by atoms with Crippen molar-refractivity contribution in [2.45, 2.75) is 12.5 Å². The van der Waals surface area contributed by atoms with E-state index in [0.29, 0.717) is 0 Å². The Morgan fingerprint density at radius 1 is 1.30 bits per heavy atom. The number of nitrogens with one attached hydrogen (secondary N) is 2. The highest BCUT2D eigenvalue weighted by molar-refractivity contribution is 7.09. The summed E-state index contributed by atoms with van der Waals surface area (Å²) >= 11 is 1.68. The Morgan fingerprint density at radius 2 is 2.15 bits per heavy atom. The summed E-state index contributed by atoms with van der Waals surface area (Å²) in [6, 6.07) is 10.3. The van der Waals surface area contributed by atoms with Gasteiger partial charge in [0, 0.05) is 17.4 Å². The molecule has 5 nitrogen and oxygen atoms in total. The van der Waals surface area contributed by atoms with Crippen LogP contribution in [0.3, 0.4) is 0 Å². The molecule has 0 fully saturated rings. The summed E-state index contributed by atoms with van der Waals surface area (Å²) in [6.45, 7) is 0. The van der Waals surface area contributed by atoms with Gasteiger partial charge < -0.3 is 5.32 Å². The van der Waals surface area contributed by atoms with Crippen molar-refractivity contribution in [1.82, 2.24) is 25.7 Å². The topological polar surface area (TPSA) is 66.5 Å². The number of aromatic amines is 1. The van der Waals surface area contributed by atoms with Crippen molar-refractivity contribution in [2.24, 2.45) is 0 Å². The van der Waals surface area contributed by atoms with Crippen LogP contribution in [0.15, 0.2) is 41.9 Å². The normalized spacial score (nSPS) is 12.4. The minimum Gasteiger partial charge on any atom is -0.311 e. The van der Waals surface area contributed by atoms with Crippen LogP contribution >= 0.6 is 11.3 Å². The summed E-state index contributed by atoms with van der Waals surface area (Å²) < 4.78 is 0. The quantitative estimate of drug-likeness (QED) is 0.755. The second-order valence-electron chi connectivity index (χ2n) is 4.43. The van der Waals surface area contributed by atoms with Gasteiger partial charge in [-0.15, -0.1) is 11.3 Å². The standard InChI is InChI=1S/C14H15N5S/c1-15-11(12-8-16-19-18-12)7-14-17-13(9-20-14)10-5-3-2-4-6-10/h2-6,8-9,11,15H,7H2,1H3,(H,16,18,19). The number of thiazole rings is 1. The molecule has 2 aromatic heterocycles. The molecular formula is C14H15N5S. The maximum absolute atomic E-state index is 4.70. The first-order chi connectivity index (χ1) is 9.86. The maximum Gasteiger partial charge on any atom is 0.0998 e. The monoisotopic (exact) mass is 285 g/mol. The molecule has 3 aromatic rings. The highest BCUT2D eigenvalue weighted by Crippen LogP contribution is 2.24. The molecule has 0 aliphatic heterocycles. The summed E-state index contributed by atoms with van der Waals surface area (Å²) in [5, 5.41) is 17.1. The van der Waals surface area contributed by atoms with Crippen LogP contribution in [-0.2, 0) is 6.42 Å². The summed E-state index contributed by atoms with van der Waals surface area (Å²) in [7, 11) is 1.92. The van der Waals surface area contributed by atoms with Gasteiger partial charge in [-0.05, 0) is 7.05 Å². The van der Waals surface area contributed by atoms with Gasteiger partial charge in [-0.2, -0.15) is 15.4 Å². The van der Waals surface area contributed by atoms with Crippen molar-refractivity contribution in [3.63, 3.8) is 0 Å². The van der Waals surface area contributed by atoms with E-state index in [9.17, 15) is 0 Å². The first-order valence-corrected chi connectivity index (χ1v) is 7.27. The van der Waals surface area contributed by atoms with Crippen LogP contribution in [0.25, 0.3) is 11.3 Å². The van der Waals surface area contributed by atoms with Crippen molar-refractivity contribution in [2.75, 3.05) is 7.05 Å². The predicted octanol–water partition coefficient (Wildman–Crippen LogP) is 2.43. The molecule has 1 atom stereocenters. The van der Waals surface area contributed by atoms with Crippen LogP contribution in [0, 0.1) is 0 Å². The summed E-state index contributed by atoms with van der Waals surface area (Å²) in [4.78, 5) is 4.70. The van der Waals surface area contributed by atoms with Gasteiger partial charge in [0.25, 0.3) is 0 Å². The lowest BCUT2D eigenvalue weighted by Gasteiger charge is -2.10. The lowest BCUT2D eigenvalue weighted by atomic mass is 10.1. The van der Waals surface area contributed by atoms with Gasteiger partial charge in [-0.25, -0.2) is 4.98 Å². The molecule has 0 amide bonds. The predicted molar refractivity (Wildman–Crippen MR) is 79.4 cm³/mol. The molecule has 0 bridgehead atoms. The fourth-order valence-electron chi connectivity index (χ4n) is 2.05. The van der Waals surface area contributed by atoms with Crippen molar-refractivity contribution >= 4 is 11.3 Å². The lowest BCUT2D eigenvalue weighted by molar-refractivity contribution is 0.573. The molecule has 2 heterocycles. The molecule has 102 valence electrons. The molecule has 2 N–H and O–H groups in total. The smallest absolute Gasteiger partial charge is 0.0998 e. The van der Waals surface area contributed by atoms with E-state index in [2.05, 4.69) is 38.2 Å².